The van der Waals surface area contributed by atoms with E-state index in [1.807, 2.05) is 0 Å². The minimum atomic E-state index is -2.63. The summed E-state index contributed by atoms with van der Waals surface area (Å²) in [5.41, 5.74) is 0. The molecule has 1 rings (SSSR count). The highest BCUT2D eigenvalue weighted by atomic mass is 28.4. The van der Waals surface area contributed by atoms with E-state index in [0.717, 1.165) is 0 Å². The molecule has 0 aromatic rings. The molecule has 1 N–H and O–H groups in total. The van der Waals surface area contributed by atoms with Crippen molar-refractivity contribution in [2.24, 2.45) is 0 Å². The second kappa shape index (κ2) is 4.49. The first-order valence-electron chi connectivity index (χ1n) is 4.12. The predicted octanol–water partition coefficient (Wildman–Crippen LogP) is -0.376. The van der Waals surface area contributed by atoms with E-state index in [-0.39, 0.29) is 6.10 Å². The largest absolute Gasteiger partial charge is 0.502 e. The minimum absolute atomic E-state index is 0.0627. The van der Waals surface area contributed by atoms with Crippen LogP contribution in [0.1, 0.15) is 0 Å². The van der Waals surface area contributed by atoms with Gasteiger partial charge < -0.3 is 23.1 Å². The van der Waals surface area contributed by atoms with Gasteiger partial charge in [-0.15, -0.1) is 0 Å². The summed E-state index contributed by atoms with van der Waals surface area (Å²) < 4.78 is 20.4. The first-order valence-corrected chi connectivity index (χ1v) is 6.05. The summed E-state index contributed by atoms with van der Waals surface area (Å²) in [6, 6.07) is 0.376. The maximum absolute atomic E-state index is 9.59. The Hall–Kier alpha value is 0.0169. The summed E-state index contributed by atoms with van der Waals surface area (Å²) in [4.78, 5) is 0. The molecule has 0 aliphatic carbocycles. The number of rotatable bonds is 6. The van der Waals surface area contributed by atoms with E-state index in [4.69, 9.17) is 18.0 Å². The number of hydrogen-bond donors (Lipinski definition) is 1. The van der Waals surface area contributed by atoms with Crippen LogP contribution in [0.4, 0.5) is 0 Å². The highest BCUT2D eigenvalue weighted by Gasteiger charge is 2.45. The molecule has 0 spiro atoms. The first kappa shape index (κ1) is 11.1. The average molecular weight is 208 g/mol. The van der Waals surface area contributed by atoms with E-state index in [9.17, 15) is 5.11 Å². The van der Waals surface area contributed by atoms with Crippen molar-refractivity contribution in [1.29, 1.82) is 0 Å². The molecule has 1 fully saturated rings. The van der Waals surface area contributed by atoms with Gasteiger partial charge in [0.2, 0.25) is 0 Å². The molecule has 2 unspecified atom stereocenters. The second-order valence-corrected chi connectivity index (χ2v) is 5.94. The van der Waals surface area contributed by atoms with Gasteiger partial charge in [-0.3, -0.25) is 0 Å². The van der Waals surface area contributed by atoms with Gasteiger partial charge in [-0.2, -0.15) is 0 Å². The molecule has 0 aromatic carbocycles. The normalized spacial score (nSPS) is 24.5. The fraction of sp³-hybridized carbons (Fsp3) is 1.00. The summed E-state index contributed by atoms with van der Waals surface area (Å²) in [6.07, 6.45) is -0.612. The average Bonchev–Trinajstić information content (AvgIpc) is 2.97. The van der Waals surface area contributed by atoms with E-state index in [1.54, 1.807) is 0 Å². The fourth-order valence-electron chi connectivity index (χ4n) is 1.17. The number of hydrogen-bond acceptors (Lipinski definition) is 5. The molecule has 0 aromatic heterocycles. The molecule has 1 aliphatic rings. The number of epoxide rings is 1. The van der Waals surface area contributed by atoms with Crippen molar-refractivity contribution in [3.8, 4) is 0 Å². The Morgan fingerprint density at radius 3 is 2.15 bits per heavy atom. The molecular weight excluding hydrogens is 192 g/mol. The van der Waals surface area contributed by atoms with Gasteiger partial charge in [-0.05, 0) is 0 Å². The summed E-state index contributed by atoms with van der Waals surface area (Å²) in [6.45, 7) is 0.614. The maximum Gasteiger partial charge on any atom is 0.502 e. The number of ether oxygens (including phenoxy) is 1. The lowest BCUT2D eigenvalue weighted by Gasteiger charge is -2.25. The molecule has 2 atom stereocenters. The van der Waals surface area contributed by atoms with E-state index < -0.39 is 14.9 Å². The third-order valence-electron chi connectivity index (χ3n) is 2.18. The summed E-state index contributed by atoms with van der Waals surface area (Å²) >= 11 is 0. The van der Waals surface area contributed by atoms with E-state index in [2.05, 4.69) is 0 Å². The Morgan fingerprint density at radius 1 is 1.38 bits per heavy atom. The number of aliphatic hydroxyl groups is 1. The van der Waals surface area contributed by atoms with Crippen LogP contribution in [0.2, 0.25) is 6.04 Å². The van der Waals surface area contributed by atoms with Gasteiger partial charge in [0.1, 0.15) is 6.10 Å². The molecule has 1 aliphatic heterocycles. The van der Waals surface area contributed by atoms with Crippen LogP contribution in [0, 0.1) is 0 Å². The summed E-state index contributed by atoms with van der Waals surface area (Å²) in [5.74, 6) is 0. The molecule has 0 radical (unpaired) electrons. The Morgan fingerprint density at radius 2 is 1.85 bits per heavy atom. The molecule has 1 saturated heterocycles. The van der Waals surface area contributed by atoms with Crippen LogP contribution in [-0.4, -0.2) is 54.1 Å². The molecule has 78 valence electrons. The van der Waals surface area contributed by atoms with Crippen LogP contribution in [0.3, 0.4) is 0 Å². The van der Waals surface area contributed by atoms with Crippen molar-refractivity contribution in [1.82, 2.24) is 0 Å². The Labute approximate surface area is 78.9 Å². The molecule has 1 heterocycles. The Kier molecular flexibility index (Phi) is 3.83. The Balaban J connectivity index is 2.44. The standard InChI is InChI=1S/C7H16O5Si/c1-9-13(10-2,11-3)5-6(8)7-4-12-7/h6-8H,4-5H2,1-3H3. The van der Waals surface area contributed by atoms with Crippen molar-refractivity contribution < 1.29 is 23.1 Å². The maximum atomic E-state index is 9.59. The van der Waals surface area contributed by atoms with Crippen LogP contribution in [0.5, 0.6) is 0 Å². The highest BCUT2D eigenvalue weighted by molar-refractivity contribution is 6.60. The molecular formula is C7H16O5Si. The smallest absolute Gasteiger partial charge is 0.390 e. The van der Waals surface area contributed by atoms with Gasteiger partial charge in [0.15, 0.2) is 0 Å². The van der Waals surface area contributed by atoms with Gasteiger partial charge >= 0.3 is 8.80 Å². The second-order valence-electron chi connectivity index (χ2n) is 2.94. The molecule has 0 saturated carbocycles. The third-order valence-corrected chi connectivity index (χ3v) is 4.96. The van der Waals surface area contributed by atoms with E-state index in [0.29, 0.717) is 12.7 Å². The van der Waals surface area contributed by atoms with Gasteiger partial charge in [0, 0.05) is 27.4 Å². The SMILES string of the molecule is CO[Si](CC(O)C1CO1)(OC)OC. The van der Waals surface area contributed by atoms with Crippen LogP contribution in [-0.2, 0) is 18.0 Å². The van der Waals surface area contributed by atoms with Crippen molar-refractivity contribution >= 4 is 8.80 Å². The van der Waals surface area contributed by atoms with Gasteiger partial charge in [0.25, 0.3) is 0 Å². The van der Waals surface area contributed by atoms with Crippen LogP contribution in [0.15, 0.2) is 0 Å². The van der Waals surface area contributed by atoms with Gasteiger partial charge in [-0.25, -0.2) is 0 Å². The fourth-order valence-corrected chi connectivity index (χ4v) is 2.94. The quantitative estimate of drug-likeness (QED) is 0.476. The van der Waals surface area contributed by atoms with Crippen LogP contribution < -0.4 is 0 Å². The molecule has 13 heavy (non-hydrogen) atoms. The van der Waals surface area contributed by atoms with Crippen LogP contribution in [0.25, 0.3) is 0 Å². The molecule has 5 nitrogen and oxygen atoms in total. The molecule has 0 bridgehead atoms. The highest BCUT2D eigenvalue weighted by Crippen LogP contribution is 2.23. The zero-order valence-electron chi connectivity index (χ0n) is 8.15. The van der Waals surface area contributed by atoms with Crippen molar-refractivity contribution in [2.75, 3.05) is 27.9 Å². The summed E-state index contributed by atoms with van der Waals surface area (Å²) in [7, 11) is 1.95. The van der Waals surface area contributed by atoms with Gasteiger partial charge in [0.05, 0.1) is 12.7 Å². The van der Waals surface area contributed by atoms with Crippen molar-refractivity contribution in [3.63, 3.8) is 0 Å². The van der Waals surface area contributed by atoms with Crippen LogP contribution >= 0.6 is 0 Å². The molecule has 6 heteroatoms. The predicted molar refractivity (Wildman–Crippen MR) is 47.3 cm³/mol. The first-order chi connectivity index (χ1) is 6.17. The zero-order valence-corrected chi connectivity index (χ0v) is 9.15. The zero-order chi connectivity index (χ0) is 9.90. The Bertz CT molecular complexity index is 149. The monoisotopic (exact) mass is 208 g/mol. The summed E-state index contributed by atoms with van der Waals surface area (Å²) in [5, 5.41) is 9.59. The van der Waals surface area contributed by atoms with Crippen molar-refractivity contribution in [2.45, 2.75) is 18.3 Å². The molecule has 0 amide bonds. The van der Waals surface area contributed by atoms with Crippen molar-refractivity contribution in [3.05, 3.63) is 0 Å². The van der Waals surface area contributed by atoms with E-state index >= 15 is 0 Å². The van der Waals surface area contributed by atoms with E-state index in [1.165, 1.54) is 21.3 Å². The third kappa shape index (κ3) is 2.73. The lowest BCUT2D eigenvalue weighted by molar-refractivity contribution is 0.0863. The number of aliphatic hydroxyl groups excluding tert-OH is 1. The lowest BCUT2D eigenvalue weighted by Crippen LogP contribution is -2.46. The topological polar surface area (TPSA) is 60.5 Å². The minimum Gasteiger partial charge on any atom is -0.390 e. The lowest BCUT2D eigenvalue weighted by atomic mass is 10.3. The van der Waals surface area contributed by atoms with Gasteiger partial charge in [-0.1, -0.05) is 0 Å².